The van der Waals surface area contributed by atoms with Gasteiger partial charge in [0, 0.05) is 22.2 Å². The van der Waals surface area contributed by atoms with Gasteiger partial charge in [0.05, 0.1) is 5.57 Å². The van der Waals surface area contributed by atoms with Crippen molar-refractivity contribution in [2.75, 3.05) is 10.6 Å². The number of nitrogens with one attached hydrogen (secondary N) is 2. The second kappa shape index (κ2) is 12.8. The van der Waals surface area contributed by atoms with Gasteiger partial charge >= 0.3 is 0 Å². The predicted octanol–water partition coefficient (Wildman–Crippen LogP) is 8.04. The first-order chi connectivity index (χ1) is 20.9. The Bertz CT molecular complexity index is 1790. The average Bonchev–Trinajstić information content (AvgIpc) is 3.42. The van der Waals surface area contributed by atoms with Gasteiger partial charge in [0.25, 0.3) is 5.91 Å². The topological polar surface area (TPSA) is 81.1 Å². The number of aryl methyl sites for hydroxylation is 1. The maximum atomic E-state index is 13.8. The molecule has 1 unspecified atom stereocenters. The number of amides is 1. The van der Waals surface area contributed by atoms with Crippen molar-refractivity contribution in [1.29, 1.82) is 0 Å². The zero-order valence-corrected chi connectivity index (χ0v) is 25.3. The number of rotatable bonds is 9. The maximum absolute atomic E-state index is 13.8. The molecule has 4 aromatic carbocycles. The second-order valence-electron chi connectivity index (χ2n) is 10.3. The fraction of sp³-hybridized carbons (Fsp3) is 0.147. The van der Waals surface area contributed by atoms with Crippen molar-refractivity contribution >= 4 is 40.9 Å². The first-order valence-electron chi connectivity index (χ1n) is 13.9. The zero-order chi connectivity index (χ0) is 29.8. The fourth-order valence-electron chi connectivity index (χ4n) is 4.96. The van der Waals surface area contributed by atoms with Gasteiger partial charge in [-0.2, -0.15) is 4.98 Å². The molecule has 1 aliphatic rings. The number of hydrogen-bond donors (Lipinski definition) is 2. The molecule has 9 heteroatoms. The monoisotopic (exact) mass is 607 g/mol. The van der Waals surface area contributed by atoms with Crippen LogP contribution in [0.2, 0.25) is 5.02 Å². The van der Waals surface area contributed by atoms with Crippen molar-refractivity contribution in [1.82, 2.24) is 14.8 Å². The number of allylic oxidation sites excluding steroid dienone is 1. The molecule has 2 N–H and O–H groups in total. The van der Waals surface area contributed by atoms with Crippen LogP contribution >= 0.6 is 23.4 Å². The van der Waals surface area contributed by atoms with Gasteiger partial charge < -0.3 is 15.4 Å². The van der Waals surface area contributed by atoms with E-state index in [0.29, 0.717) is 39.8 Å². The van der Waals surface area contributed by atoms with Crippen LogP contribution in [0.15, 0.2) is 120 Å². The molecule has 1 atom stereocenters. The molecular formula is C34H30ClN5O2S. The van der Waals surface area contributed by atoms with Crippen LogP contribution in [0.1, 0.15) is 35.2 Å². The third kappa shape index (κ3) is 6.61. The highest BCUT2D eigenvalue weighted by atomic mass is 35.5. The number of carbonyl (C=O) groups is 1. The molecule has 1 amide bonds. The number of fused-ring (bicyclic) bond motifs is 1. The van der Waals surface area contributed by atoms with Gasteiger partial charge in [-0.25, -0.2) is 4.68 Å². The zero-order valence-electron chi connectivity index (χ0n) is 23.8. The first kappa shape index (κ1) is 28.6. The van der Waals surface area contributed by atoms with E-state index >= 15 is 0 Å². The van der Waals surface area contributed by atoms with E-state index < -0.39 is 6.04 Å². The largest absolute Gasteiger partial charge is 0.489 e. The lowest BCUT2D eigenvalue weighted by atomic mass is 9.95. The summed E-state index contributed by atoms with van der Waals surface area (Å²) in [5.41, 5.74) is 6.04. The van der Waals surface area contributed by atoms with Gasteiger partial charge in [-0.1, -0.05) is 96.2 Å². The number of anilines is 2. The third-order valence-corrected chi connectivity index (χ3v) is 8.37. The summed E-state index contributed by atoms with van der Waals surface area (Å²) in [7, 11) is 0. The van der Waals surface area contributed by atoms with Gasteiger partial charge in [-0.05, 0) is 66.4 Å². The van der Waals surface area contributed by atoms with Crippen molar-refractivity contribution in [3.63, 3.8) is 0 Å². The molecule has 5 aromatic rings. The van der Waals surface area contributed by atoms with Crippen molar-refractivity contribution < 1.29 is 9.53 Å². The SMILES string of the molecule is CC1=C(C(=O)Nc2cccc(C)c2)C(c2ccc(OCc3ccccc3)cc2)n2nc(SCc3ccccc3Cl)nc2N1. The van der Waals surface area contributed by atoms with Gasteiger partial charge in [-0.15, -0.1) is 5.10 Å². The van der Waals surface area contributed by atoms with E-state index in [0.717, 1.165) is 33.7 Å². The molecule has 6 rings (SSSR count). The lowest BCUT2D eigenvalue weighted by Crippen LogP contribution is -2.31. The number of nitrogens with zero attached hydrogens (tertiary/aromatic N) is 3. The molecule has 0 bridgehead atoms. The lowest BCUT2D eigenvalue weighted by Gasteiger charge is -2.28. The molecule has 43 heavy (non-hydrogen) atoms. The molecular weight excluding hydrogens is 578 g/mol. The Morgan fingerprint density at radius 2 is 1.74 bits per heavy atom. The van der Waals surface area contributed by atoms with Gasteiger partial charge in [0.2, 0.25) is 11.1 Å². The number of benzene rings is 4. The summed E-state index contributed by atoms with van der Waals surface area (Å²) in [6.07, 6.45) is 0. The van der Waals surface area contributed by atoms with Crippen LogP contribution in [0.3, 0.4) is 0 Å². The molecule has 1 aliphatic heterocycles. The molecule has 0 aliphatic carbocycles. The Labute approximate surface area is 260 Å². The standard InChI is InChI=1S/C34H30ClN5O2S/c1-22-9-8-13-27(19-22)37-32(41)30-23(2)36-33-38-34(43-21-26-12-6-7-14-29(26)35)39-40(33)31(30)25-15-17-28(18-16-25)42-20-24-10-4-3-5-11-24/h3-19,31H,20-21H2,1-2H3,(H,37,41)(H,36,38,39). The Hall–Kier alpha value is -4.53. The summed E-state index contributed by atoms with van der Waals surface area (Å²) in [5.74, 6) is 1.72. The van der Waals surface area contributed by atoms with Crippen molar-refractivity contribution in [3.8, 4) is 5.75 Å². The normalized spacial score (nSPS) is 14.2. The second-order valence-corrected chi connectivity index (χ2v) is 11.6. The molecule has 0 fully saturated rings. The molecule has 0 spiro atoms. The summed E-state index contributed by atoms with van der Waals surface area (Å²) in [6, 6.07) is 32.8. The van der Waals surface area contributed by atoms with Crippen molar-refractivity contribution in [2.45, 2.75) is 37.4 Å². The fourth-order valence-corrected chi connectivity index (χ4v) is 6.08. The van der Waals surface area contributed by atoms with E-state index in [9.17, 15) is 4.79 Å². The molecule has 7 nitrogen and oxygen atoms in total. The highest BCUT2D eigenvalue weighted by molar-refractivity contribution is 7.98. The smallest absolute Gasteiger partial charge is 0.255 e. The molecule has 2 heterocycles. The molecule has 0 saturated carbocycles. The Kier molecular flexibility index (Phi) is 8.49. The summed E-state index contributed by atoms with van der Waals surface area (Å²) in [6.45, 7) is 4.36. The van der Waals surface area contributed by atoms with E-state index in [1.807, 2.05) is 117 Å². The molecule has 0 radical (unpaired) electrons. The highest BCUT2D eigenvalue weighted by Gasteiger charge is 2.34. The number of carbonyl (C=O) groups excluding carboxylic acids is 1. The Morgan fingerprint density at radius 1 is 0.977 bits per heavy atom. The van der Waals surface area contributed by atoms with E-state index in [-0.39, 0.29) is 5.91 Å². The van der Waals surface area contributed by atoms with Crippen LogP contribution in [-0.2, 0) is 17.2 Å². The van der Waals surface area contributed by atoms with Gasteiger partial charge in [0.15, 0.2) is 0 Å². The summed E-state index contributed by atoms with van der Waals surface area (Å²) < 4.78 is 7.81. The van der Waals surface area contributed by atoms with Crippen molar-refractivity contribution in [2.24, 2.45) is 0 Å². The minimum atomic E-state index is -0.508. The predicted molar refractivity (Wildman–Crippen MR) is 173 cm³/mol. The van der Waals surface area contributed by atoms with Gasteiger partial charge in [-0.3, -0.25) is 4.79 Å². The summed E-state index contributed by atoms with van der Waals surface area (Å²) in [5, 5.41) is 12.5. The van der Waals surface area contributed by atoms with Crippen LogP contribution in [-0.4, -0.2) is 20.7 Å². The third-order valence-electron chi connectivity index (χ3n) is 7.11. The maximum Gasteiger partial charge on any atom is 0.255 e. The Morgan fingerprint density at radius 3 is 2.51 bits per heavy atom. The van der Waals surface area contributed by atoms with E-state index in [4.69, 9.17) is 26.4 Å². The minimum absolute atomic E-state index is 0.212. The van der Waals surface area contributed by atoms with Crippen LogP contribution in [0.5, 0.6) is 5.75 Å². The number of aromatic nitrogens is 3. The lowest BCUT2D eigenvalue weighted by molar-refractivity contribution is -0.113. The molecule has 1 aromatic heterocycles. The van der Waals surface area contributed by atoms with E-state index in [1.54, 1.807) is 4.68 Å². The minimum Gasteiger partial charge on any atom is -0.489 e. The summed E-state index contributed by atoms with van der Waals surface area (Å²) in [4.78, 5) is 18.6. The van der Waals surface area contributed by atoms with E-state index in [2.05, 4.69) is 10.6 Å². The first-order valence-corrected chi connectivity index (χ1v) is 15.3. The van der Waals surface area contributed by atoms with Crippen LogP contribution in [0.4, 0.5) is 11.6 Å². The molecule has 216 valence electrons. The molecule has 0 saturated heterocycles. The Balaban J connectivity index is 1.30. The average molecular weight is 608 g/mol. The van der Waals surface area contributed by atoms with E-state index in [1.165, 1.54) is 11.8 Å². The summed E-state index contributed by atoms with van der Waals surface area (Å²) >= 11 is 7.87. The van der Waals surface area contributed by atoms with Crippen LogP contribution in [0, 0.1) is 6.92 Å². The quantitative estimate of drug-likeness (QED) is 0.165. The van der Waals surface area contributed by atoms with Crippen molar-refractivity contribution in [3.05, 3.63) is 142 Å². The number of thioether (sulfide) groups is 1. The van der Waals surface area contributed by atoms with Crippen LogP contribution < -0.4 is 15.4 Å². The number of halogens is 1. The number of hydrogen-bond acceptors (Lipinski definition) is 6. The number of ether oxygens (including phenoxy) is 1. The van der Waals surface area contributed by atoms with Gasteiger partial charge in [0.1, 0.15) is 18.4 Å². The highest BCUT2D eigenvalue weighted by Crippen LogP contribution is 2.38. The van der Waals surface area contributed by atoms with Crippen LogP contribution in [0.25, 0.3) is 0 Å².